The molecule has 2 aromatic rings. The first-order valence-electron chi connectivity index (χ1n) is 4.58. The van der Waals surface area contributed by atoms with Crippen LogP contribution in [0.1, 0.15) is 5.76 Å². The van der Waals surface area contributed by atoms with Crippen molar-refractivity contribution in [2.45, 2.75) is 6.54 Å². The topological polar surface area (TPSA) is 25.2 Å². The summed E-state index contributed by atoms with van der Waals surface area (Å²) in [6.07, 6.45) is 0. The highest BCUT2D eigenvalue weighted by Crippen LogP contribution is 2.26. The molecule has 0 atom stereocenters. The molecule has 0 aliphatic rings. The molecule has 0 saturated heterocycles. The van der Waals surface area contributed by atoms with Crippen molar-refractivity contribution in [2.75, 3.05) is 5.32 Å². The number of halogens is 3. The Morgan fingerprint density at radius 1 is 1.19 bits per heavy atom. The van der Waals surface area contributed by atoms with E-state index in [9.17, 15) is 0 Å². The lowest BCUT2D eigenvalue weighted by molar-refractivity contribution is 0.495. The van der Waals surface area contributed by atoms with Gasteiger partial charge in [-0.2, -0.15) is 0 Å². The fourth-order valence-electron chi connectivity index (χ4n) is 1.26. The number of benzene rings is 1. The summed E-state index contributed by atoms with van der Waals surface area (Å²) in [5, 5.41) is 4.43. The van der Waals surface area contributed by atoms with Gasteiger partial charge >= 0.3 is 0 Å². The monoisotopic (exact) mass is 319 g/mol. The summed E-state index contributed by atoms with van der Waals surface area (Å²) in [5.74, 6) is 0.822. The summed E-state index contributed by atoms with van der Waals surface area (Å²) in [4.78, 5) is 0. The second-order valence-corrected chi connectivity index (χ2v) is 4.81. The maximum Gasteiger partial charge on any atom is 0.169 e. The Labute approximate surface area is 112 Å². The molecule has 0 amide bonds. The van der Waals surface area contributed by atoms with Crippen LogP contribution in [-0.2, 0) is 6.54 Å². The molecule has 5 heteroatoms. The molecule has 0 spiro atoms. The summed E-state index contributed by atoms with van der Waals surface area (Å²) in [5.41, 5.74) is 0.793. The summed E-state index contributed by atoms with van der Waals surface area (Å²) < 4.78 is 6.06. The SMILES string of the molecule is Clc1ccc(Cl)c(NCc2ccc(Br)o2)c1. The third kappa shape index (κ3) is 2.94. The zero-order valence-corrected chi connectivity index (χ0v) is 11.2. The third-order valence-corrected chi connectivity index (χ3v) is 3.00. The van der Waals surface area contributed by atoms with Gasteiger partial charge in [-0.15, -0.1) is 0 Å². The van der Waals surface area contributed by atoms with Gasteiger partial charge in [0.2, 0.25) is 0 Å². The van der Waals surface area contributed by atoms with Crippen molar-refractivity contribution in [3.63, 3.8) is 0 Å². The van der Waals surface area contributed by atoms with E-state index in [0.717, 1.165) is 11.4 Å². The van der Waals surface area contributed by atoms with Crippen molar-refractivity contribution in [1.29, 1.82) is 0 Å². The van der Waals surface area contributed by atoms with E-state index in [-0.39, 0.29) is 0 Å². The van der Waals surface area contributed by atoms with E-state index < -0.39 is 0 Å². The average molecular weight is 321 g/mol. The Bertz CT molecular complexity index is 498. The van der Waals surface area contributed by atoms with E-state index in [1.807, 2.05) is 12.1 Å². The fourth-order valence-corrected chi connectivity index (χ4v) is 1.96. The lowest BCUT2D eigenvalue weighted by Crippen LogP contribution is -1.98. The predicted octanol–water partition coefficient (Wildman–Crippen LogP) is 4.96. The van der Waals surface area contributed by atoms with Gasteiger partial charge in [0.15, 0.2) is 4.67 Å². The molecule has 0 saturated carbocycles. The smallest absolute Gasteiger partial charge is 0.169 e. The molecule has 2 nitrogen and oxygen atoms in total. The van der Waals surface area contributed by atoms with Gasteiger partial charge in [-0.1, -0.05) is 23.2 Å². The number of rotatable bonds is 3. The van der Waals surface area contributed by atoms with Crippen LogP contribution in [0.4, 0.5) is 5.69 Å². The summed E-state index contributed by atoms with van der Waals surface area (Å²) >= 11 is 15.1. The molecule has 1 aromatic carbocycles. The van der Waals surface area contributed by atoms with Gasteiger partial charge in [-0.3, -0.25) is 0 Å². The highest BCUT2D eigenvalue weighted by molar-refractivity contribution is 9.10. The van der Waals surface area contributed by atoms with Crippen molar-refractivity contribution in [3.05, 3.63) is 50.8 Å². The molecule has 0 unspecified atom stereocenters. The maximum atomic E-state index is 6.01. The lowest BCUT2D eigenvalue weighted by Gasteiger charge is -2.06. The van der Waals surface area contributed by atoms with Crippen molar-refractivity contribution in [1.82, 2.24) is 0 Å². The van der Waals surface area contributed by atoms with Gasteiger partial charge in [0.05, 0.1) is 17.3 Å². The van der Waals surface area contributed by atoms with Crippen molar-refractivity contribution >= 4 is 44.8 Å². The number of hydrogen-bond acceptors (Lipinski definition) is 2. The Kier molecular flexibility index (Phi) is 3.79. The Morgan fingerprint density at radius 2 is 2.00 bits per heavy atom. The van der Waals surface area contributed by atoms with Gasteiger partial charge in [0.25, 0.3) is 0 Å². The first-order valence-corrected chi connectivity index (χ1v) is 6.13. The Hall–Kier alpha value is -0.640. The van der Waals surface area contributed by atoms with Crippen molar-refractivity contribution < 1.29 is 4.42 Å². The summed E-state index contributed by atoms with van der Waals surface area (Å²) in [6.45, 7) is 0.561. The second-order valence-electron chi connectivity index (χ2n) is 3.18. The van der Waals surface area contributed by atoms with E-state index >= 15 is 0 Å². The molecular weight excluding hydrogens is 313 g/mol. The van der Waals surface area contributed by atoms with Gasteiger partial charge in [0.1, 0.15) is 5.76 Å². The molecule has 1 aromatic heterocycles. The van der Waals surface area contributed by atoms with Crippen LogP contribution < -0.4 is 5.32 Å². The second kappa shape index (κ2) is 5.13. The molecule has 0 radical (unpaired) electrons. The molecule has 84 valence electrons. The predicted molar refractivity (Wildman–Crippen MR) is 70.2 cm³/mol. The van der Waals surface area contributed by atoms with Crippen LogP contribution in [-0.4, -0.2) is 0 Å². The molecule has 0 aliphatic carbocycles. The highest BCUT2D eigenvalue weighted by atomic mass is 79.9. The van der Waals surface area contributed by atoms with Crippen molar-refractivity contribution in [3.8, 4) is 0 Å². The molecule has 0 bridgehead atoms. The number of furan rings is 1. The fraction of sp³-hybridized carbons (Fsp3) is 0.0909. The van der Waals surface area contributed by atoms with Crippen LogP contribution in [0.5, 0.6) is 0 Å². The standard InChI is InChI=1S/C11H8BrCl2NO/c12-11-4-2-8(16-11)6-15-10-5-7(13)1-3-9(10)14/h1-5,15H,6H2. The number of nitrogens with one attached hydrogen (secondary N) is 1. The van der Waals surface area contributed by atoms with Crippen LogP contribution in [0.2, 0.25) is 10.0 Å². The van der Waals surface area contributed by atoms with Gasteiger partial charge in [0, 0.05) is 5.02 Å². The van der Waals surface area contributed by atoms with Crippen LogP contribution >= 0.6 is 39.1 Å². The van der Waals surface area contributed by atoms with E-state index in [4.69, 9.17) is 27.6 Å². The maximum absolute atomic E-state index is 6.01. The summed E-state index contributed by atoms with van der Waals surface area (Å²) in [6, 6.07) is 9.01. The lowest BCUT2D eigenvalue weighted by atomic mass is 10.3. The van der Waals surface area contributed by atoms with Gasteiger partial charge in [-0.25, -0.2) is 0 Å². The minimum atomic E-state index is 0.561. The molecule has 0 aliphatic heterocycles. The van der Waals surface area contributed by atoms with Crippen molar-refractivity contribution in [2.24, 2.45) is 0 Å². The van der Waals surface area contributed by atoms with Crippen LogP contribution in [0, 0.1) is 0 Å². The molecule has 2 rings (SSSR count). The molecule has 16 heavy (non-hydrogen) atoms. The average Bonchev–Trinajstić information content (AvgIpc) is 2.66. The normalized spacial score (nSPS) is 10.4. The molecule has 1 heterocycles. The quantitative estimate of drug-likeness (QED) is 0.864. The largest absolute Gasteiger partial charge is 0.452 e. The molecular formula is C11H8BrCl2NO. The Balaban J connectivity index is 2.07. The first-order chi connectivity index (χ1) is 7.65. The van der Waals surface area contributed by atoms with E-state index in [2.05, 4.69) is 21.2 Å². The number of anilines is 1. The zero-order chi connectivity index (χ0) is 11.5. The number of hydrogen-bond donors (Lipinski definition) is 1. The molecule has 1 N–H and O–H groups in total. The van der Waals surface area contributed by atoms with Crippen LogP contribution in [0.15, 0.2) is 39.4 Å². The summed E-state index contributed by atoms with van der Waals surface area (Å²) in [7, 11) is 0. The van der Waals surface area contributed by atoms with Crippen LogP contribution in [0.3, 0.4) is 0 Å². The minimum absolute atomic E-state index is 0.561. The Morgan fingerprint density at radius 3 is 2.69 bits per heavy atom. The van der Waals surface area contributed by atoms with E-state index in [1.54, 1.807) is 18.2 Å². The third-order valence-electron chi connectivity index (χ3n) is 2.01. The minimum Gasteiger partial charge on any atom is -0.452 e. The van der Waals surface area contributed by atoms with E-state index in [1.165, 1.54) is 0 Å². The van der Waals surface area contributed by atoms with Crippen LogP contribution in [0.25, 0.3) is 0 Å². The van der Waals surface area contributed by atoms with Gasteiger partial charge in [-0.05, 0) is 46.3 Å². The molecule has 0 fully saturated rings. The zero-order valence-electron chi connectivity index (χ0n) is 8.14. The van der Waals surface area contributed by atoms with E-state index in [0.29, 0.717) is 21.3 Å². The first kappa shape index (κ1) is 11.8. The van der Waals surface area contributed by atoms with Gasteiger partial charge < -0.3 is 9.73 Å². The highest BCUT2D eigenvalue weighted by Gasteiger charge is 2.03.